The molecule has 136 valence electrons. The molecule has 6 nitrogen and oxygen atoms in total. The highest BCUT2D eigenvalue weighted by Gasteiger charge is 2.42. The van der Waals surface area contributed by atoms with Gasteiger partial charge >= 0.3 is 5.97 Å². The van der Waals surface area contributed by atoms with Crippen molar-refractivity contribution in [2.45, 2.75) is 46.0 Å². The second kappa shape index (κ2) is 5.45. The van der Waals surface area contributed by atoms with Crippen molar-refractivity contribution in [2.24, 2.45) is 5.41 Å². The van der Waals surface area contributed by atoms with Gasteiger partial charge in [0, 0.05) is 29.1 Å². The normalized spacial score (nSPS) is 22.2. The molecule has 0 spiro atoms. The Balaban J connectivity index is 1.97. The maximum Gasteiger partial charge on any atom is 0.358 e. The second-order valence-electron chi connectivity index (χ2n) is 8.59. The third-order valence-corrected chi connectivity index (χ3v) is 6.69. The zero-order valence-corrected chi connectivity index (χ0v) is 16.1. The van der Waals surface area contributed by atoms with E-state index < -0.39 is 5.97 Å². The fourth-order valence-electron chi connectivity index (χ4n) is 4.65. The maximum atomic E-state index is 11.8. The molecule has 3 heterocycles. The number of aromatic carboxylic acids is 1. The average molecular weight is 363 g/mol. The van der Waals surface area contributed by atoms with Crippen molar-refractivity contribution in [3.63, 3.8) is 0 Å². The number of anilines is 1. The van der Waals surface area contributed by atoms with Gasteiger partial charge in [-0.25, -0.2) is 9.78 Å². The first-order chi connectivity index (χ1) is 11.7. The molecule has 1 saturated heterocycles. The van der Waals surface area contributed by atoms with Crippen LogP contribution >= 0.6 is 11.3 Å². The van der Waals surface area contributed by atoms with E-state index in [1.54, 1.807) is 11.3 Å². The molecular formula is C18H25N3O3S. The fourth-order valence-corrected chi connectivity index (χ4v) is 5.88. The van der Waals surface area contributed by atoms with Crippen molar-refractivity contribution in [1.29, 1.82) is 0 Å². The number of carboxylic acids is 1. The van der Waals surface area contributed by atoms with E-state index in [0.717, 1.165) is 23.6 Å². The van der Waals surface area contributed by atoms with E-state index in [1.807, 2.05) is 0 Å². The molecule has 1 aliphatic heterocycles. The lowest BCUT2D eigenvalue weighted by Gasteiger charge is -2.40. The molecule has 0 atom stereocenters. The molecule has 2 aliphatic rings. The molecule has 1 fully saturated rings. The molecule has 2 aromatic heterocycles. The van der Waals surface area contributed by atoms with Gasteiger partial charge in [-0.2, -0.15) is 0 Å². The minimum absolute atomic E-state index is 0.0775. The summed E-state index contributed by atoms with van der Waals surface area (Å²) in [5.41, 5.74) is 1.66. The topological polar surface area (TPSA) is 67.1 Å². The number of ether oxygens (including phenoxy) is 1. The van der Waals surface area contributed by atoms with Gasteiger partial charge in [-0.3, -0.25) is 4.40 Å². The molecule has 2 aromatic rings. The van der Waals surface area contributed by atoms with Crippen LogP contribution in [0, 0.1) is 5.41 Å². The van der Waals surface area contributed by atoms with Gasteiger partial charge in [-0.1, -0.05) is 27.7 Å². The third-order valence-electron chi connectivity index (χ3n) is 5.24. The molecule has 25 heavy (non-hydrogen) atoms. The van der Waals surface area contributed by atoms with Gasteiger partial charge in [-0.05, 0) is 18.3 Å². The van der Waals surface area contributed by atoms with Gasteiger partial charge < -0.3 is 14.7 Å². The van der Waals surface area contributed by atoms with E-state index in [4.69, 9.17) is 4.74 Å². The molecule has 0 saturated carbocycles. The number of morpholine rings is 1. The molecule has 1 aliphatic carbocycles. The molecule has 0 aromatic carbocycles. The van der Waals surface area contributed by atoms with Crippen LogP contribution in [-0.4, -0.2) is 46.8 Å². The van der Waals surface area contributed by atoms with E-state index in [1.165, 1.54) is 10.6 Å². The first-order valence-electron chi connectivity index (χ1n) is 8.80. The first kappa shape index (κ1) is 16.8. The van der Waals surface area contributed by atoms with Crippen LogP contribution in [0.25, 0.3) is 4.96 Å². The fraction of sp³-hybridized carbons (Fsp3) is 0.667. The summed E-state index contributed by atoms with van der Waals surface area (Å²) in [6.07, 6.45) is 2.06. The maximum absolute atomic E-state index is 11.8. The molecule has 0 amide bonds. The molecule has 0 bridgehead atoms. The summed E-state index contributed by atoms with van der Waals surface area (Å²) in [4.78, 5) is 20.6. The highest BCUT2D eigenvalue weighted by Crippen LogP contribution is 2.49. The standard InChI is InChI=1S/C18H25N3O3S/c1-17(2)9-11-13(18(3,4)10-17)25-16-19-12(15(22)23)14(21(11)16)20-5-7-24-8-6-20/h5-10H2,1-4H3,(H,22,23). The van der Waals surface area contributed by atoms with Gasteiger partial charge in [0.05, 0.1) is 13.2 Å². The Morgan fingerprint density at radius 2 is 1.92 bits per heavy atom. The third kappa shape index (κ3) is 2.64. The zero-order chi connectivity index (χ0) is 18.0. The van der Waals surface area contributed by atoms with Crippen LogP contribution in [0.4, 0.5) is 5.82 Å². The molecule has 1 N–H and O–H groups in total. The number of carboxylic acid groups (broad SMARTS) is 1. The number of thiazole rings is 1. The minimum Gasteiger partial charge on any atom is -0.476 e. The predicted octanol–water partition coefficient (Wildman–Crippen LogP) is 3.18. The SMILES string of the molecule is CC1(C)Cc2c(sc3nc(C(=O)O)c(N4CCOCC4)n23)C(C)(C)C1. The monoisotopic (exact) mass is 363 g/mol. The van der Waals surface area contributed by atoms with Crippen LogP contribution in [-0.2, 0) is 16.6 Å². The number of carbonyl (C=O) groups is 1. The molecular weight excluding hydrogens is 338 g/mol. The number of nitrogens with zero attached hydrogens (tertiary/aromatic N) is 3. The minimum atomic E-state index is -0.958. The summed E-state index contributed by atoms with van der Waals surface area (Å²) in [5, 5.41) is 9.70. The number of hydrogen-bond acceptors (Lipinski definition) is 5. The molecule has 7 heteroatoms. The Kier molecular flexibility index (Phi) is 3.67. The van der Waals surface area contributed by atoms with E-state index >= 15 is 0 Å². The Bertz CT molecular complexity index is 843. The van der Waals surface area contributed by atoms with Crippen molar-refractivity contribution >= 4 is 28.1 Å². The number of hydrogen-bond donors (Lipinski definition) is 1. The molecule has 0 unspecified atom stereocenters. The lowest BCUT2D eigenvalue weighted by Crippen LogP contribution is -2.39. The van der Waals surface area contributed by atoms with Crippen LogP contribution in [0.15, 0.2) is 0 Å². The Labute approximate surface area is 151 Å². The summed E-state index contributed by atoms with van der Waals surface area (Å²) >= 11 is 1.65. The van der Waals surface area contributed by atoms with Crippen LogP contribution < -0.4 is 4.90 Å². The number of imidazole rings is 1. The van der Waals surface area contributed by atoms with Crippen molar-refractivity contribution in [2.75, 3.05) is 31.2 Å². The summed E-state index contributed by atoms with van der Waals surface area (Å²) in [6, 6.07) is 0. The van der Waals surface area contributed by atoms with Crippen LogP contribution in [0.2, 0.25) is 0 Å². The van der Waals surface area contributed by atoms with Gasteiger partial charge in [0.15, 0.2) is 10.7 Å². The van der Waals surface area contributed by atoms with E-state index in [9.17, 15) is 9.90 Å². The zero-order valence-electron chi connectivity index (χ0n) is 15.3. The van der Waals surface area contributed by atoms with Crippen LogP contribution in [0.5, 0.6) is 0 Å². The van der Waals surface area contributed by atoms with Crippen molar-refractivity contribution in [1.82, 2.24) is 9.38 Å². The lowest BCUT2D eigenvalue weighted by molar-refractivity contribution is 0.0690. The van der Waals surface area contributed by atoms with Crippen LogP contribution in [0.3, 0.4) is 0 Å². The number of aromatic nitrogens is 2. The Morgan fingerprint density at radius 3 is 2.56 bits per heavy atom. The first-order valence-corrected chi connectivity index (χ1v) is 9.62. The summed E-state index contributed by atoms with van der Waals surface area (Å²) in [5.74, 6) is -0.225. The van der Waals surface area contributed by atoms with E-state index in [0.29, 0.717) is 26.3 Å². The van der Waals surface area contributed by atoms with E-state index in [-0.39, 0.29) is 16.5 Å². The smallest absolute Gasteiger partial charge is 0.358 e. The van der Waals surface area contributed by atoms with E-state index in [2.05, 4.69) is 42.0 Å². The van der Waals surface area contributed by atoms with Gasteiger partial charge in [-0.15, -0.1) is 11.3 Å². The number of rotatable bonds is 2. The summed E-state index contributed by atoms with van der Waals surface area (Å²) in [6.45, 7) is 11.8. The summed E-state index contributed by atoms with van der Waals surface area (Å²) in [7, 11) is 0. The summed E-state index contributed by atoms with van der Waals surface area (Å²) < 4.78 is 7.58. The largest absolute Gasteiger partial charge is 0.476 e. The highest BCUT2D eigenvalue weighted by molar-refractivity contribution is 7.17. The van der Waals surface area contributed by atoms with Gasteiger partial charge in [0.2, 0.25) is 0 Å². The quantitative estimate of drug-likeness (QED) is 0.888. The lowest BCUT2D eigenvalue weighted by atomic mass is 9.67. The Hall–Kier alpha value is -1.60. The van der Waals surface area contributed by atoms with Crippen LogP contribution in [0.1, 0.15) is 55.2 Å². The Morgan fingerprint density at radius 1 is 1.24 bits per heavy atom. The van der Waals surface area contributed by atoms with Gasteiger partial charge in [0.1, 0.15) is 5.82 Å². The van der Waals surface area contributed by atoms with Crippen molar-refractivity contribution in [3.8, 4) is 0 Å². The van der Waals surface area contributed by atoms with Crippen molar-refractivity contribution < 1.29 is 14.6 Å². The highest BCUT2D eigenvalue weighted by atomic mass is 32.1. The molecule has 0 radical (unpaired) electrons. The molecule has 4 rings (SSSR count). The van der Waals surface area contributed by atoms with Gasteiger partial charge in [0.25, 0.3) is 0 Å². The van der Waals surface area contributed by atoms with Crippen molar-refractivity contribution in [3.05, 3.63) is 16.3 Å². The average Bonchev–Trinajstić information content (AvgIpc) is 3.04. The number of fused-ring (bicyclic) bond motifs is 3. The predicted molar refractivity (Wildman–Crippen MR) is 98.2 cm³/mol. The second-order valence-corrected chi connectivity index (χ2v) is 9.56.